The van der Waals surface area contributed by atoms with E-state index in [4.69, 9.17) is 5.11 Å². The topological polar surface area (TPSA) is 40.5 Å². The maximum absolute atomic E-state index is 13.8. The lowest BCUT2D eigenvalue weighted by molar-refractivity contribution is -0.140. The molecule has 0 spiro atoms. The molecule has 0 saturated heterocycles. The first-order chi connectivity index (χ1) is 9.32. The van der Waals surface area contributed by atoms with Gasteiger partial charge in [0.15, 0.2) is 0 Å². The van der Waals surface area contributed by atoms with E-state index < -0.39 is 23.5 Å². The average molecular weight is 285 g/mol. The molecule has 0 fully saturated rings. The van der Waals surface area contributed by atoms with Crippen LogP contribution in [0.4, 0.5) is 14.5 Å². The number of carboxylic acids is 1. The van der Waals surface area contributed by atoms with Gasteiger partial charge in [0.05, 0.1) is 5.92 Å². The van der Waals surface area contributed by atoms with Gasteiger partial charge < -0.3 is 10.0 Å². The Balaban J connectivity index is 3.00. The predicted octanol–water partition coefficient (Wildman–Crippen LogP) is 3.54. The summed E-state index contributed by atoms with van der Waals surface area (Å²) in [7, 11) is 0. The standard InChI is InChI=1S/C15H21F2NO2/c1-10(2)7-8-18(9-11(3)15(19)20)14-12(16)5-4-6-13(14)17/h4-6,10-11H,7-9H2,1-3H3,(H,19,20). The van der Waals surface area contributed by atoms with Crippen molar-refractivity contribution in [1.29, 1.82) is 0 Å². The zero-order chi connectivity index (χ0) is 15.3. The number of hydrogen-bond acceptors (Lipinski definition) is 2. The first-order valence-electron chi connectivity index (χ1n) is 6.74. The summed E-state index contributed by atoms with van der Waals surface area (Å²) in [5, 5.41) is 8.98. The van der Waals surface area contributed by atoms with E-state index in [1.165, 1.54) is 30.0 Å². The Bertz CT molecular complexity index is 443. The monoisotopic (exact) mass is 285 g/mol. The van der Waals surface area contributed by atoms with Gasteiger partial charge in [0.2, 0.25) is 0 Å². The largest absolute Gasteiger partial charge is 0.481 e. The summed E-state index contributed by atoms with van der Waals surface area (Å²) in [6.07, 6.45) is 0.736. The van der Waals surface area contributed by atoms with Gasteiger partial charge in [-0.05, 0) is 24.5 Å². The van der Waals surface area contributed by atoms with E-state index in [1.54, 1.807) is 0 Å². The lowest BCUT2D eigenvalue weighted by Gasteiger charge is -2.28. The van der Waals surface area contributed by atoms with E-state index in [0.717, 1.165) is 6.42 Å². The number of rotatable bonds is 7. The van der Waals surface area contributed by atoms with E-state index in [1.807, 2.05) is 13.8 Å². The van der Waals surface area contributed by atoms with Crippen LogP contribution in [0.2, 0.25) is 0 Å². The molecule has 0 aliphatic carbocycles. The summed E-state index contributed by atoms with van der Waals surface area (Å²) in [5.74, 6) is -2.62. The Kier molecular flexibility index (Phi) is 5.92. The molecule has 0 amide bonds. The number of carboxylic acid groups (broad SMARTS) is 1. The number of benzene rings is 1. The van der Waals surface area contributed by atoms with Crippen LogP contribution < -0.4 is 4.90 Å². The number of para-hydroxylation sites is 1. The molecular formula is C15H21F2NO2. The third kappa shape index (κ3) is 4.47. The van der Waals surface area contributed by atoms with Crippen LogP contribution in [-0.2, 0) is 4.79 Å². The summed E-state index contributed by atoms with van der Waals surface area (Å²) in [6.45, 7) is 6.06. The number of hydrogen-bond donors (Lipinski definition) is 1. The van der Waals surface area contributed by atoms with Crippen molar-refractivity contribution >= 4 is 11.7 Å². The summed E-state index contributed by atoms with van der Waals surface area (Å²) in [5.41, 5.74) is -0.138. The summed E-state index contributed by atoms with van der Waals surface area (Å²) in [4.78, 5) is 12.4. The molecule has 0 radical (unpaired) electrons. The molecule has 3 nitrogen and oxygen atoms in total. The molecule has 0 saturated carbocycles. The predicted molar refractivity (Wildman–Crippen MR) is 74.8 cm³/mol. The van der Waals surface area contributed by atoms with Crippen LogP contribution in [0.1, 0.15) is 27.2 Å². The Labute approximate surface area is 118 Å². The first kappa shape index (κ1) is 16.4. The molecule has 112 valence electrons. The minimum atomic E-state index is -0.976. The van der Waals surface area contributed by atoms with Gasteiger partial charge in [-0.3, -0.25) is 4.79 Å². The molecule has 0 heterocycles. The third-order valence-electron chi connectivity index (χ3n) is 3.15. The number of anilines is 1. The van der Waals surface area contributed by atoms with Crippen molar-refractivity contribution in [2.45, 2.75) is 27.2 Å². The zero-order valence-electron chi connectivity index (χ0n) is 12.1. The van der Waals surface area contributed by atoms with E-state index in [9.17, 15) is 13.6 Å². The van der Waals surface area contributed by atoms with Gasteiger partial charge in [-0.25, -0.2) is 8.78 Å². The highest BCUT2D eigenvalue weighted by molar-refractivity contribution is 5.70. The lowest BCUT2D eigenvalue weighted by atomic mass is 10.1. The Morgan fingerprint density at radius 2 is 1.80 bits per heavy atom. The van der Waals surface area contributed by atoms with Crippen molar-refractivity contribution < 1.29 is 18.7 Å². The number of halogens is 2. The van der Waals surface area contributed by atoms with Crippen molar-refractivity contribution in [3.63, 3.8) is 0 Å². The van der Waals surface area contributed by atoms with Gasteiger partial charge >= 0.3 is 5.97 Å². The molecular weight excluding hydrogens is 264 g/mol. The molecule has 1 aromatic rings. The molecule has 0 bridgehead atoms. The van der Waals surface area contributed by atoms with Crippen molar-refractivity contribution in [3.8, 4) is 0 Å². The summed E-state index contributed by atoms with van der Waals surface area (Å²) >= 11 is 0. The fourth-order valence-electron chi connectivity index (χ4n) is 1.91. The van der Waals surface area contributed by atoms with E-state index in [0.29, 0.717) is 12.5 Å². The molecule has 1 aromatic carbocycles. The van der Waals surface area contributed by atoms with Gasteiger partial charge in [-0.15, -0.1) is 0 Å². The van der Waals surface area contributed by atoms with Crippen LogP contribution in [0.15, 0.2) is 18.2 Å². The second kappa shape index (κ2) is 7.22. The van der Waals surface area contributed by atoms with Gasteiger partial charge in [0.25, 0.3) is 0 Å². The molecule has 1 unspecified atom stereocenters. The van der Waals surface area contributed by atoms with Crippen LogP contribution in [0, 0.1) is 23.5 Å². The fraction of sp³-hybridized carbons (Fsp3) is 0.533. The van der Waals surface area contributed by atoms with Crippen LogP contribution in [0.3, 0.4) is 0 Å². The van der Waals surface area contributed by atoms with Gasteiger partial charge in [0.1, 0.15) is 17.3 Å². The van der Waals surface area contributed by atoms with Crippen LogP contribution >= 0.6 is 0 Å². The zero-order valence-corrected chi connectivity index (χ0v) is 12.1. The van der Waals surface area contributed by atoms with Gasteiger partial charge in [0, 0.05) is 13.1 Å². The molecule has 0 aromatic heterocycles. The van der Waals surface area contributed by atoms with Crippen LogP contribution in [0.5, 0.6) is 0 Å². The second-order valence-electron chi connectivity index (χ2n) is 5.44. The first-order valence-corrected chi connectivity index (χ1v) is 6.74. The molecule has 20 heavy (non-hydrogen) atoms. The Hall–Kier alpha value is -1.65. The van der Waals surface area contributed by atoms with Gasteiger partial charge in [-0.2, -0.15) is 0 Å². The highest BCUT2D eigenvalue weighted by atomic mass is 19.1. The Morgan fingerprint density at radius 1 is 1.25 bits per heavy atom. The molecule has 0 aliphatic heterocycles. The fourth-order valence-corrected chi connectivity index (χ4v) is 1.91. The number of aliphatic carboxylic acids is 1. The maximum atomic E-state index is 13.8. The normalized spacial score (nSPS) is 12.5. The van der Waals surface area contributed by atoms with Crippen molar-refractivity contribution in [2.24, 2.45) is 11.8 Å². The summed E-state index contributed by atoms with van der Waals surface area (Å²) < 4.78 is 27.7. The minimum Gasteiger partial charge on any atom is -0.481 e. The van der Waals surface area contributed by atoms with Crippen LogP contribution in [0.25, 0.3) is 0 Å². The second-order valence-corrected chi connectivity index (χ2v) is 5.44. The maximum Gasteiger partial charge on any atom is 0.308 e. The van der Waals surface area contributed by atoms with E-state index in [-0.39, 0.29) is 12.2 Å². The van der Waals surface area contributed by atoms with E-state index >= 15 is 0 Å². The van der Waals surface area contributed by atoms with Gasteiger partial charge in [-0.1, -0.05) is 26.8 Å². The Morgan fingerprint density at radius 3 is 2.25 bits per heavy atom. The summed E-state index contributed by atoms with van der Waals surface area (Å²) in [6, 6.07) is 3.67. The molecule has 1 atom stereocenters. The average Bonchev–Trinajstić information content (AvgIpc) is 2.34. The van der Waals surface area contributed by atoms with Crippen LogP contribution in [-0.4, -0.2) is 24.2 Å². The highest BCUT2D eigenvalue weighted by Gasteiger charge is 2.21. The quantitative estimate of drug-likeness (QED) is 0.833. The lowest BCUT2D eigenvalue weighted by Crippen LogP contribution is -2.34. The minimum absolute atomic E-state index is 0.0832. The molecule has 1 rings (SSSR count). The number of carbonyl (C=O) groups is 1. The number of nitrogens with zero attached hydrogens (tertiary/aromatic N) is 1. The smallest absolute Gasteiger partial charge is 0.308 e. The van der Waals surface area contributed by atoms with E-state index in [2.05, 4.69) is 0 Å². The van der Waals surface area contributed by atoms with Crippen molar-refractivity contribution in [1.82, 2.24) is 0 Å². The SMILES string of the molecule is CC(C)CCN(CC(C)C(=O)O)c1c(F)cccc1F. The molecule has 5 heteroatoms. The van der Waals surface area contributed by atoms with Crippen molar-refractivity contribution in [3.05, 3.63) is 29.8 Å². The van der Waals surface area contributed by atoms with Crippen molar-refractivity contribution in [2.75, 3.05) is 18.0 Å². The molecule has 1 N–H and O–H groups in total. The highest BCUT2D eigenvalue weighted by Crippen LogP contribution is 2.25. The third-order valence-corrected chi connectivity index (χ3v) is 3.15. The molecule has 0 aliphatic rings.